The van der Waals surface area contributed by atoms with E-state index in [1.165, 1.54) is 0 Å². The number of aliphatic hydroxyl groups excluding tert-OH is 1. The molecule has 0 unspecified atom stereocenters. The van der Waals surface area contributed by atoms with E-state index in [-0.39, 0.29) is 31.9 Å². The average Bonchev–Trinajstić information content (AvgIpc) is 3.28. The Morgan fingerprint density at radius 2 is 1.85 bits per heavy atom. The molecule has 1 amide bonds. The SMILES string of the molecule is CC(C)(C)OC(=O)CC[C@]1(C(=O)NNCCF)N=C(c2ccc(OCCCO)cc2)O[C@H]1c1ccc(Br)cc1. The lowest BCUT2D eigenvalue weighted by Crippen LogP contribution is -2.53. The van der Waals surface area contributed by atoms with Crippen LogP contribution in [0.1, 0.15) is 57.3 Å². The lowest BCUT2D eigenvalue weighted by Gasteiger charge is -2.31. The zero-order chi connectivity index (χ0) is 28.5. The molecule has 0 saturated carbocycles. The summed E-state index contributed by atoms with van der Waals surface area (Å²) in [5.41, 5.74) is 4.14. The van der Waals surface area contributed by atoms with Crippen molar-refractivity contribution >= 4 is 33.7 Å². The topological polar surface area (TPSA) is 118 Å². The molecule has 0 fully saturated rings. The van der Waals surface area contributed by atoms with Gasteiger partial charge in [0.05, 0.1) is 6.61 Å². The fourth-order valence-electron chi connectivity index (χ4n) is 3.99. The number of nitrogens with one attached hydrogen (secondary N) is 2. The normalized spacial score (nSPS) is 18.7. The van der Waals surface area contributed by atoms with E-state index in [9.17, 15) is 14.0 Å². The Morgan fingerprint density at radius 1 is 1.15 bits per heavy atom. The first-order valence-electron chi connectivity index (χ1n) is 12.7. The number of aliphatic imine (C=N–C) groups is 1. The Kier molecular flexibility index (Phi) is 10.8. The van der Waals surface area contributed by atoms with Crippen molar-refractivity contribution in [2.75, 3.05) is 26.4 Å². The molecule has 3 rings (SSSR count). The molecule has 3 N–H and O–H groups in total. The largest absolute Gasteiger partial charge is 0.494 e. The Hall–Kier alpha value is -3.02. The molecule has 0 aromatic heterocycles. The maximum Gasteiger partial charge on any atom is 0.306 e. The summed E-state index contributed by atoms with van der Waals surface area (Å²) in [5.74, 6) is -0.213. The molecule has 0 bridgehead atoms. The maximum atomic E-state index is 13.7. The van der Waals surface area contributed by atoms with Gasteiger partial charge in [0.2, 0.25) is 5.90 Å². The molecule has 0 saturated heterocycles. The van der Waals surface area contributed by atoms with Gasteiger partial charge in [-0.1, -0.05) is 28.1 Å². The van der Waals surface area contributed by atoms with Crippen molar-refractivity contribution < 1.29 is 33.3 Å². The smallest absolute Gasteiger partial charge is 0.306 e. The monoisotopic (exact) mass is 607 g/mol. The standard InChI is InChI=1S/C28H35BrFN3O6/c1-27(2,3)39-23(35)13-14-28(26(36)33-31-16-15-30)24(19-5-9-21(29)10-6-19)38-25(32-28)20-7-11-22(12-8-20)37-18-4-17-34/h5-12,24,31,34H,4,13-18H2,1-3H3,(H,33,36)/t24-,28-/m0/s1. The van der Waals surface area contributed by atoms with E-state index in [2.05, 4.69) is 26.8 Å². The Balaban J connectivity index is 1.99. The van der Waals surface area contributed by atoms with Crippen molar-refractivity contribution in [3.63, 3.8) is 0 Å². The van der Waals surface area contributed by atoms with Crippen LogP contribution in [-0.2, 0) is 19.1 Å². The van der Waals surface area contributed by atoms with Crippen LogP contribution in [0.15, 0.2) is 58.0 Å². The van der Waals surface area contributed by atoms with Crippen molar-refractivity contribution in [2.45, 2.75) is 57.3 Å². The lowest BCUT2D eigenvalue weighted by molar-refractivity contribution is -0.155. The molecule has 1 aliphatic heterocycles. The van der Waals surface area contributed by atoms with Gasteiger partial charge in [-0.05, 0) is 69.2 Å². The minimum absolute atomic E-state index is 0.0162. The second-order valence-electron chi connectivity index (χ2n) is 10.00. The summed E-state index contributed by atoms with van der Waals surface area (Å²) >= 11 is 3.43. The van der Waals surface area contributed by atoms with E-state index >= 15 is 0 Å². The van der Waals surface area contributed by atoms with E-state index in [4.69, 9.17) is 24.3 Å². The van der Waals surface area contributed by atoms with Crippen molar-refractivity contribution in [1.29, 1.82) is 0 Å². The first kappa shape index (κ1) is 30.5. The molecule has 1 heterocycles. The number of ether oxygens (including phenoxy) is 3. The van der Waals surface area contributed by atoms with Gasteiger partial charge in [0, 0.05) is 36.0 Å². The van der Waals surface area contributed by atoms with Gasteiger partial charge in [-0.3, -0.25) is 15.0 Å². The first-order chi connectivity index (χ1) is 18.6. The molecule has 2 aromatic carbocycles. The van der Waals surface area contributed by atoms with Gasteiger partial charge in [0.1, 0.15) is 18.0 Å². The molecular formula is C28H35BrFN3O6. The fraction of sp³-hybridized carbons (Fsp3) is 0.464. The molecule has 9 nitrogen and oxygen atoms in total. The van der Waals surface area contributed by atoms with Gasteiger partial charge >= 0.3 is 5.97 Å². The van der Waals surface area contributed by atoms with Gasteiger partial charge in [-0.25, -0.2) is 14.8 Å². The molecule has 11 heteroatoms. The van der Waals surface area contributed by atoms with Crippen LogP contribution in [0, 0.1) is 0 Å². The molecule has 1 aliphatic rings. The highest BCUT2D eigenvalue weighted by atomic mass is 79.9. The Morgan fingerprint density at radius 3 is 2.46 bits per heavy atom. The number of hydrogen-bond donors (Lipinski definition) is 3. The van der Waals surface area contributed by atoms with Crippen LogP contribution in [0.3, 0.4) is 0 Å². The summed E-state index contributed by atoms with van der Waals surface area (Å²) in [7, 11) is 0. The molecule has 0 radical (unpaired) electrons. The number of carbonyl (C=O) groups is 2. The molecule has 39 heavy (non-hydrogen) atoms. The van der Waals surface area contributed by atoms with Gasteiger partial charge in [-0.15, -0.1) is 0 Å². The van der Waals surface area contributed by atoms with Crippen LogP contribution in [0.25, 0.3) is 0 Å². The van der Waals surface area contributed by atoms with Crippen LogP contribution in [0.5, 0.6) is 5.75 Å². The van der Waals surface area contributed by atoms with Crippen molar-refractivity contribution in [2.24, 2.45) is 4.99 Å². The number of carbonyl (C=O) groups excluding carboxylic acids is 2. The summed E-state index contributed by atoms with van der Waals surface area (Å²) in [6.07, 6.45) is -0.482. The Bertz CT molecular complexity index is 1140. The van der Waals surface area contributed by atoms with E-state index in [1.54, 1.807) is 45.0 Å². The van der Waals surface area contributed by atoms with E-state index in [1.807, 2.05) is 24.3 Å². The summed E-state index contributed by atoms with van der Waals surface area (Å²) in [5, 5.41) is 8.96. The molecule has 212 valence electrons. The van der Waals surface area contributed by atoms with Crippen LogP contribution < -0.4 is 15.6 Å². The number of amides is 1. The minimum Gasteiger partial charge on any atom is -0.494 e. The molecular weight excluding hydrogens is 573 g/mol. The lowest BCUT2D eigenvalue weighted by atomic mass is 9.83. The van der Waals surface area contributed by atoms with E-state index in [0.717, 1.165) is 4.47 Å². The Labute approximate surface area is 236 Å². The van der Waals surface area contributed by atoms with E-state index in [0.29, 0.717) is 29.9 Å². The summed E-state index contributed by atoms with van der Waals surface area (Å²) in [6, 6.07) is 14.3. The number of aliphatic hydroxyl groups is 1. The average molecular weight is 609 g/mol. The molecule has 2 atom stereocenters. The second-order valence-corrected chi connectivity index (χ2v) is 10.9. The van der Waals surface area contributed by atoms with Gasteiger partial charge in [0.25, 0.3) is 5.91 Å². The number of hydrazine groups is 1. The number of hydrogen-bond acceptors (Lipinski definition) is 8. The minimum atomic E-state index is -1.56. The highest BCUT2D eigenvalue weighted by Crippen LogP contribution is 2.43. The predicted molar refractivity (Wildman–Crippen MR) is 148 cm³/mol. The van der Waals surface area contributed by atoms with Crippen LogP contribution in [-0.4, -0.2) is 60.5 Å². The number of rotatable bonds is 13. The number of benzene rings is 2. The summed E-state index contributed by atoms with van der Waals surface area (Å²) < 4.78 is 31.0. The fourth-order valence-corrected chi connectivity index (χ4v) is 4.26. The number of halogens is 2. The third kappa shape index (κ3) is 8.48. The quantitative estimate of drug-likeness (QED) is 0.177. The third-order valence-electron chi connectivity index (χ3n) is 5.75. The summed E-state index contributed by atoms with van der Waals surface area (Å²) in [6.45, 7) is 4.94. The van der Waals surface area contributed by atoms with Crippen molar-refractivity contribution in [3.8, 4) is 5.75 Å². The third-order valence-corrected chi connectivity index (χ3v) is 6.28. The van der Waals surface area contributed by atoms with E-state index < -0.39 is 35.8 Å². The highest BCUT2D eigenvalue weighted by Gasteiger charge is 2.53. The van der Waals surface area contributed by atoms with Crippen LogP contribution in [0.4, 0.5) is 4.39 Å². The molecule has 0 aliphatic carbocycles. The van der Waals surface area contributed by atoms with Gasteiger partial charge < -0.3 is 19.3 Å². The zero-order valence-corrected chi connectivity index (χ0v) is 23.9. The second kappa shape index (κ2) is 13.9. The van der Waals surface area contributed by atoms with Crippen LogP contribution >= 0.6 is 15.9 Å². The van der Waals surface area contributed by atoms with Gasteiger partial charge in [-0.2, -0.15) is 0 Å². The van der Waals surface area contributed by atoms with Crippen molar-refractivity contribution in [1.82, 2.24) is 10.9 Å². The first-order valence-corrected chi connectivity index (χ1v) is 13.5. The number of esters is 1. The van der Waals surface area contributed by atoms with Crippen LogP contribution in [0.2, 0.25) is 0 Å². The predicted octanol–water partition coefficient (Wildman–Crippen LogP) is 4.18. The van der Waals surface area contributed by atoms with Crippen molar-refractivity contribution in [3.05, 3.63) is 64.1 Å². The number of alkyl halides is 1. The molecule has 2 aromatic rings. The number of nitrogens with zero attached hydrogens (tertiary/aromatic N) is 1. The van der Waals surface area contributed by atoms with Gasteiger partial charge in [0.15, 0.2) is 11.6 Å². The maximum absolute atomic E-state index is 13.7. The zero-order valence-electron chi connectivity index (χ0n) is 22.3. The molecule has 0 spiro atoms. The summed E-state index contributed by atoms with van der Waals surface area (Å²) in [4.78, 5) is 31.1. The highest BCUT2D eigenvalue weighted by molar-refractivity contribution is 9.10.